The van der Waals surface area contributed by atoms with Crippen LogP contribution in [0.3, 0.4) is 0 Å². The van der Waals surface area contributed by atoms with Gasteiger partial charge in [-0.05, 0) is 18.2 Å². The van der Waals surface area contributed by atoms with Crippen LogP contribution in [0.15, 0.2) is 23.1 Å². The highest BCUT2D eigenvalue weighted by Gasteiger charge is 2.12. The fourth-order valence-corrected chi connectivity index (χ4v) is 2.18. The highest BCUT2D eigenvalue weighted by atomic mass is 79.9. The third-order valence-corrected chi connectivity index (χ3v) is 3.21. The van der Waals surface area contributed by atoms with Gasteiger partial charge in [0.05, 0.1) is 10.4 Å². The summed E-state index contributed by atoms with van der Waals surface area (Å²) in [6.45, 7) is 0. The van der Waals surface area contributed by atoms with E-state index < -0.39 is 10.0 Å². The summed E-state index contributed by atoms with van der Waals surface area (Å²) in [5.41, 5.74) is 0.645. The van der Waals surface area contributed by atoms with E-state index in [1.54, 1.807) is 6.07 Å². The molecule has 15 heavy (non-hydrogen) atoms. The summed E-state index contributed by atoms with van der Waals surface area (Å²) in [7, 11) is -3.76. The second kappa shape index (κ2) is 4.99. The van der Waals surface area contributed by atoms with Crippen LogP contribution in [0, 0.1) is 11.8 Å². The molecule has 0 fully saturated rings. The Morgan fingerprint density at radius 3 is 2.60 bits per heavy atom. The van der Waals surface area contributed by atoms with Gasteiger partial charge in [-0.2, -0.15) is 0 Å². The number of rotatable bonds is 1. The minimum atomic E-state index is -3.76. The van der Waals surface area contributed by atoms with Gasteiger partial charge in [0.2, 0.25) is 10.0 Å². The van der Waals surface area contributed by atoms with Gasteiger partial charge in [-0.3, -0.25) is 0 Å². The molecular weight excluding hydrogens is 302 g/mol. The fourth-order valence-electron chi connectivity index (χ4n) is 0.945. The Labute approximate surface area is 102 Å². The topological polar surface area (TPSA) is 60.2 Å². The summed E-state index contributed by atoms with van der Waals surface area (Å²) in [4.78, 5) is -0.0893. The Kier molecular flexibility index (Phi) is 4.17. The summed E-state index contributed by atoms with van der Waals surface area (Å²) < 4.78 is 22.1. The predicted octanol–water partition coefficient (Wildman–Crippen LogP) is 1.73. The summed E-state index contributed by atoms with van der Waals surface area (Å²) >= 11 is 8.90. The molecule has 0 saturated carbocycles. The van der Waals surface area contributed by atoms with Crippen LogP contribution in [-0.4, -0.2) is 13.7 Å². The average molecular weight is 309 g/mol. The van der Waals surface area contributed by atoms with E-state index in [0.717, 1.165) is 0 Å². The number of sulfonamides is 1. The largest absolute Gasteiger partial charge is 0.239 e. The van der Waals surface area contributed by atoms with Gasteiger partial charge in [-0.15, -0.1) is 0 Å². The van der Waals surface area contributed by atoms with Crippen molar-refractivity contribution in [3.8, 4) is 11.8 Å². The summed E-state index contributed by atoms with van der Waals surface area (Å²) in [6.07, 6.45) is 0. The molecule has 1 rings (SSSR count). The molecule has 0 unspecified atom stereocenters. The third kappa shape index (κ3) is 3.50. The molecule has 6 heteroatoms. The number of benzene rings is 1. The van der Waals surface area contributed by atoms with Crippen molar-refractivity contribution in [2.45, 2.75) is 4.90 Å². The summed E-state index contributed by atoms with van der Waals surface area (Å²) in [5.74, 6) is 5.57. The lowest BCUT2D eigenvalue weighted by Crippen LogP contribution is -2.12. The fraction of sp³-hybridized carbons (Fsp3) is 0.111. The minimum absolute atomic E-state index is 0.0823. The maximum Gasteiger partial charge on any atom is 0.239 e. The Hall–Kier alpha value is -0.540. The van der Waals surface area contributed by atoms with E-state index in [2.05, 4.69) is 27.8 Å². The zero-order chi connectivity index (χ0) is 11.5. The minimum Gasteiger partial charge on any atom is -0.225 e. The van der Waals surface area contributed by atoms with E-state index in [9.17, 15) is 8.42 Å². The lowest BCUT2D eigenvalue weighted by molar-refractivity contribution is 0.598. The average Bonchev–Trinajstić information content (AvgIpc) is 2.12. The molecule has 0 spiro atoms. The van der Waals surface area contributed by atoms with Crippen molar-refractivity contribution in [1.82, 2.24) is 0 Å². The van der Waals surface area contributed by atoms with Crippen LogP contribution in [-0.2, 0) is 10.0 Å². The number of hydrogen-bond acceptors (Lipinski definition) is 2. The van der Waals surface area contributed by atoms with Crippen LogP contribution in [0.5, 0.6) is 0 Å². The molecule has 3 nitrogen and oxygen atoms in total. The van der Waals surface area contributed by atoms with Crippen LogP contribution in [0.4, 0.5) is 0 Å². The monoisotopic (exact) mass is 307 g/mol. The van der Waals surface area contributed by atoms with Crippen LogP contribution in [0.2, 0.25) is 5.02 Å². The number of nitrogens with two attached hydrogens (primary N) is 1. The normalized spacial score (nSPS) is 10.6. The molecule has 0 amide bonds. The van der Waals surface area contributed by atoms with Crippen molar-refractivity contribution >= 4 is 37.6 Å². The van der Waals surface area contributed by atoms with Crippen molar-refractivity contribution in [3.63, 3.8) is 0 Å². The number of alkyl halides is 1. The Bertz CT molecular complexity index is 531. The maximum absolute atomic E-state index is 11.0. The first kappa shape index (κ1) is 12.5. The molecule has 0 radical (unpaired) electrons. The summed E-state index contributed by atoms with van der Waals surface area (Å²) in [5, 5.41) is 5.58. The molecule has 0 aliphatic rings. The van der Waals surface area contributed by atoms with Gasteiger partial charge in [0.1, 0.15) is 4.90 Å². The van der Waals surface area contributed by atoms with Gasteiger partial charge >= 0.3 is 0 Å². The molecule has 1 aromatic rings. The molecule has 0 bridgehead atoms. The molecule has 0 heterocycles. The Morgan fingerprint density at radius 2 is 2.13 bits per heavy atom. The predicted molar refractivity (Wildman–Crippen MR) is 63.5 cm³/mol. The van der Waals surface area contributed by atoms with E-state index in [4.69, 9.17) is 16.7 Å². The van der Waals surface area contributed by atoms with Crippen molar-refractivity contribution < 1.29 is 8.42 Å². The van der Waals surface area contributed by atoms with Crippen molar-refractivity contribution in [3.05, 3.63) is 28.8 Å². The molecule has 80 valence electrons. The van der Waals surface area contributed by atoms with Crippen LogP contribution in [0.25, 0.3) is 0 Å². The highest BCUT2D eigenvalue weighted by Crippen LogP contribution is 2.20. The second-order valence-corrected chi connectivity index (χ2v) is 5.12. The maximum atomic E-state index is 11.0. The van der Waals surface area contributed by atoms with Crippen LogP contribution in [0.1, 0.15) is 5.56 Å². The first-order chi connectivity index (χ1) is 6.95. The first-order valence-electron chi connectivity index (χ1n) is 3.82. The SMILES string of the molecule is NS(=O)(=O)c1ccc(C#CCBr)cc1Cl. The zero-order valence-electron chi connectivity index (χ0n) is 7.50. The second-order valence-electron chi connectivity index (χ2n) is 2.63. The molecule has 0 aliphatic heterocycles. The van der Waals surface area contributed by atoms with Crippen molar-refractivity contribution in [2.24, 2.45) is 5.14 Å². The lowest BCUT2D eigenvalue weighted by Gasteiger charge is -2.01. The zero-order valence-corrected chi connectivity index (χ0v) is 10.7. The molecule has 2 N–H and O–H groups in total. The van der Waals surface area contributed by atoms with Crippen molar-refractivity contribution in [2.75, 3.05) is 5.33 Å². The molecule has 0 aliphatic carbocycles. The summed E-state index contributed by atoms with van der Waals surface area (Å²) in [6, 6.07) is 4.37. The van der Waals surface area contributed by atoms with Crippen molar-refractivity contribution in [1.29, 1.82) is 0 Å². The lowest BCUT2D eigenvalue weighted by atomic mass is 10.2. The smallest absolute Gasteiger partial charge is 0.225 e. The first-order valence-corrected chi connectivity index (χ1v) is 6.87. The number of primary sulfonamides is 1. The number of hydrogen-bond donors (Lipinski definition) is 1. The van der Waals surface area contributed by atoms with Gasteiger partial charge in [0.15, 0.2) is 0 Å². The highest BCUT2D eigenvalue weighted by molar-refractivity contribution is 9.09. The molecule has 1 aromatic carbocycles. The van der Waals surface area contributed by atoms with Gasteiger partial charge in [-0.1, -0.05) is 39.4 Å². The van der Waals surface area contributed by atoms with Crippen LogP contribution < -0.4 is 5.14 Å². The molecule has 0 aromatic heterocycles. The molecule has 0 atom stereocenters. The third-order valence-electron chi connectivity index (χ3n) is 1.54. The van der Waals surface area contributed by atoms with E-state index in [1.807, 2.05) is 0 Å². The van der Waals surface area contributed by atoms with E-state index in [-0.39, 0.29) is 9.92 Å². The number of halogens is 2. The molecule has 0 saturated heterocycles. The van der Waals surface area contributed by atoms with Gasteiger partial charge < -0.3 is 0 Å². The van der Waals surface area contributed by atoms with E-state index in [1.165, 1.54) is 12.1 Å². The van der Waals surface area contributed by atoms with Gasteiger partial charge in [-0.25, -0.2) is 13.6 Å². The van der Waals surface area contributed by atoms with E-state index in [0.29, 0.717) is 10.9 Å². The standard InChI is InChI=1S/C9H7BrClNO2S/c10-5-1-2-7-3-4-9(8(11)6-7)15(12,13)14/h3-4,6H,5H2,(H2,12,13,14). The Balaban J connectivity index is 3.21. The van der Waals surface area contributed by atoms with Gasteiger partial charge in [0, 0.05) is 5.56 Å². The Morgan fingerprint density at radius 1 is 1.47 bits per heavy atom. The van der Waals surface area contributed by atoms with E-state index >= 15 is 0 Å². The molecular formula is C9H7BrClNO2S. The quantitative estimate of drug-likeness (QED) is 0.634. The van der Waals surface area contributed by atoms with Crippen LogP contribution >= 0.6 is 27.5 Å². The van der Waals surface area contributed by atoms with Gasteiger partial charge in [0.25, 0.3) is 0 Å².